The Morgan fingerprint density at radius 2 is 1.81 bits per heavy atom. The Bertz CT molecular complexity index is 1190. The minimum atomic E-state index is -0.163. The number of piperidine rings is 2. The van der Waals surface area contributed by atoms with E-state index in [4.69, 9.17) is 0 Å². The minimum Gasteiger partial charge on any atom is -0.341 e. The van der Waals surface area contributed by atoms with E-state index in [1.807, 2.05) is 54.4 Å². The Kier molecular flexibility index (Phi) is 5.79. The first-order valence-corrected chi connectivity index (χ1v) is 11.7. The normalized spacial score (nSPS) is 21.3. The maximum Gasteiger partial charge on any atom is 0.265 e. The summed E-state index contributed by atoms with van der Waals surface area (Å²) in [4.78, 5) is 35.6. The van der Waals surface area contributed by atoms with Gasteiger partial charge < -0.3 is 9.80 Å². The van der Waals surface area contributed by atoms with Gasteiger partial charge in [0.05, 0.1) is 22.2 Å². The smallest absolute Gasteiger partial charge is 0.265 e. The van der Waals surface area contributed by atoms with Gasteiger partial charge in [-0.3, -0.25) is 14.2 Å². The molecule has 0 aliphatic carbocycles. The number of aromatic nitrogens is 2. The third-order valence-corrected chi connectivity index (χ3v) is 7.14. The number of para-hydroxylation sites is 2. The molecule has 0 N–H and O–H groups in total. The summed E-state index contributed by atoms with van der Waals surface area (Å²) in [5, 5.41) is 0.546. The Morgan fingerprint density at radius 1 is 1.03 bits per heavy atom. The fourth-order valence-electron chi connectivity index (χ4n) is 5.54. The van der Waals surface area contributed by atoms with E-state index in [2.05, 4.69) is 9.88 Å². The van der Waals surface area contributed by atoms with Crippen LogP contribution in [0.2, 0.25) is 0 Å². The molecule has 1 aromatic heterocycles. The molecular formula is C26H30N4O2. The average molecular weight is 431 g/mol. The van der Waals surface area contributed by atoms with Gasteiger partial charge in [0.1, 0.15) is 6.33 Å². The van der Waals surface area contributed by atoms with Crippen LogP contribution in [0.3, 0.4) is 0 Å². The molecule has 0 saturated carbocycles. The molecule has 32 heavy (non-hydrogen) atoms. The van der Waals surface area contributed by atoms with Crippen LogP contribution >= 0.6 is 0 Å². The number of hydrogen-bond donors (Lipinski definition) is 0. The third kappa shape index (κ3) is 3.84. The molecular weight excluding hydrogens is 400 g/mol. The summed E-state index contributed by atoms with van der Waals surface area (Å²) in [5.41, 5.74) is 1.61. The summed E-state index contributed by atoms with van der Waals surface area (Å²) < 4.78 is 1.49. The van der Waals surface area contributed by atoms with Gasteiger partial charge in [-0.05, 0) is 69.0 Å². The number of carbonyl (C=O) groups is 1. The van der Waals surface area contributed by atoms with E-state index in [-0.39, 0.29) is 11.5 Å². The van der Waals surface area contributed by atoms with Crippen molar-refractivity contribution in [2.45, 2.75) is 38.1 Å². The van der Waals surface area contributed by atoms with E-state index in [1.165, 1.54) is 56.1 Å². The van der Waals surface area contributed by atoms with Crippen molar-refractivity contribution in [2.24, 2.45) is 5.92 Å². The summed E-state index contributed by atoms with van der Waals surface area (Å²) >= 11 is 0. The summed E-state index contributed by atoms with van der Waals surface area (Å²) in [6.07, 6.45) is 7.72. The fraction of sp³-hybridized carbons (Fsp3) is 0.423. The molecule has 0 unspecified atom stereocenters. The van der Waals surface area contributed by atoms with Gasteiger partial charge >= 0.3 is 0 Å². The number of amides is 1. The first-order valence-electron chi connectivity index (χ1n) is 11.7. The van der Waals surface area contributed by atoms with Gasteiger partial charge in [-0.2, -0.15) is 0 Å². The molecule has 2 saturated heterocycles. The Morgan fingerprint density at radius 3 is 2.72 bits per heavy atom. The van der Waals surface area contributed by atoms with Crippen LogP contribution in [0.15, 0.2) is 59.7 Å². The van der Waals surface area contributed by atoms with Crippen LogP contribution in [0.1, 0.15) is 42.5 Å². The monoisotopic (exact) mass is 430 g/mol. The molecule has 2 aliphatic rings. The van der Waals surface area contributed by atoms with Crippen LogP contribution in [0.5, 0.6) is 0 Å². The molecule has 3 heterocycles. The van der Waals surface area contributed by atoms with E-state index in [0.717, 1.165) is 6.54 Å². The summed E-state index contributed by atoms with van der Waals surface area (Å²) in [5.74, 6) is 0.462. The Labute approximate surface area is 188 Å². The second kappa shape index (κ2) is 8.87. The van der Waals surface area contributed by atoms with Crippen LogP contribution in [-0.4, -0.2) is 58.0 Å². The molecule has 2 atom stereocenters. The minimum absolute atomic E-state index is 0.0476. The molecule has 6 nitrogen and oxygen atoms in total. The predicted molar refractivity (Wildman–Crippen MR) is 126 cm³/mol. The molecule has 5 rings (SSSR count). The van der Waals surface area contributed by atoms with Crippen LogP contribution < -0.4 is 5.56 Å². The standard InChI is InChI=1S/C26H30N4O2/c1-28(17-19-9-8-16-29-15-7-6-13-23(19)29)25(31)21-11-3-5-14-24(21)30-18-27-22-12-4-2-10-20(22)26(30)32/h2-5,10-12,14,18-19,23H,6-9,13,15-17H2,1H3/t19-,23-/m1/s1. The van der Waals surface area contributed by atoms with Gasteiger partial charge in [0, 0.05) is 19.6 Å². The first kappa shape index (κ1) is 20.9. The highest BCUT2D eigenvalue weighted by molar-refractivity contribution is 5.97. The Hall–Kier alpha value is -2.99. The number of rotatable bonds is 4. The van der Waals surface area contributed by atoms with E-state index in [1.54, 1.807) is 6.07 Å². The lowest BCUT2D eigenvalue weighted by Crippen LogP contribution is -2.51. The highest BCUT2D eigenvalue weighted by atomic mass is 16.2. The molecule has 2 aliphatic heterocycles. The van der Waals surface area contributed by atoms with Crippen molar-refractivity contribution < 1.29 is 4.79 Å². The zero-order valence-electron chi connectivity index (χ0n) is 18.6. The Balaban J connectivity index is 1.43. The van der Waals surface area contributed by atoms with Gasteiger partial charge in [0.15, 0.2) is 0 Å². The van der Waals surface area contributed by atoms with Gasteiger partial charge in [-0.1, -0.05) is 30.7 Å². The zero-order valence-corrected chi connectivity index (χ0v) is 18.6. The summed E-state index contributed by atoms with van der Waals surface area (Å²) in [7, 11) is 1.89. The van der Waals surface area contributed by atoms with E-state index in [9.17, 15) is 9.59 Å². The van der Waals surface area contributed by atoms with Crippen molar-refractivity contribution in [3.63, 3.8) is 0 Å². The zero-order chi connectivity index (χ0) is 22.1. The summed E-state index contributed by atoms with van der Waals surface area (Å²) in [6.45, 7) is 3.14. The number of hydrogen-bond acceptors (Lipinski definition) is 4. The SMILES string of the molecule is CN(C[C@H]1CCCN2CCCC[C@H]12)C(=O)c1ccccc1-n1cnc2ccccc2c1=O. The van der Waals surface area contributed by atoms with Crippen LogP contribution in [0.4, 0.5) is 0 Å². The van der Waals surface area contributed by atoms with Crippen molar-refractivity contribution in [3.8, 4) is 5.69 Å². The molecule has 0 radical (unpaired) electrons. The van der Waals surface area contributed by atoms with Crippen LogP contribution in [0, 0.1) is 5.92 Å². The fourth-order valence-corrected chi connectivity index (χ4v) is 5.54. The maximum absolute atomic E-state index is 13.5. The molecule has 0 bridgehead atoms. The third-order valence-electron chi connectivity index (χ3n) is 7.14. The highest BCUT2D eigenvalue weighted by Gasteiger charge is 2.34. The van der Waals surface area contributed by atoms with E-state index in [0.29, 0.717) is 34.1 Å². The van der Waals surface area contributed by atoms with Crippen LogP contribution in [0.25, 0.3) is 16.6 Å². The molecule has 0 spiro atoms. The molecule has 2 aromatic carbocycles. The highest BCUT2D eigenvalue weighted by Crippen LogP contribution is 2.31. The lowest BCUT2D eigenvalue weighted by molar-refractivity contribution is 0.0403. The number of fused-ring (bicyclic) bond motifs is 2. The molecule has 2 fully saturated rings. The van der Waals surface area contributed by atoms with Crippen molar-refractivity contribution in [2.75, 3.05) is 26.7 Å². The number of nitrogens with zero attached hydrogens (tertiary/aromatic N) is 4. The average Bonchev–Trinajstić information content (AvgIpc) is 2.84. The lowest BCUT2D eigenvalue weighted by Gasteiger charge is -2.45. The topological polar surface area (TPSA) is 58.4 Å². The second-order valence-corrected chi connectivity index (χ2v) is 9.14. The van der Waals surface area contributed by atoms with Gasteiger partial charge in [0.2, 0.25) is 0 Å². The molecule has 1 amide bonds. The van der Waals surface area contributed by atoms with Crippen molar-refractivity contribution in [1.29, 1.82) is 0 Å². The van der Waals surface area contributed by atoms with Crippen molar-refractivity contribution in [1.82, 2.24) is 19.4 Å². The molecule has 166 valence electrons. The predicted octanol–water partition coefficient (Wildman–Crippen LogP) is 3.72. The largest absolute Gasteiger partial charge is 0.341 e. The maximum atomic E-state index is 13.5. The van der Waals surface area contributed by atoms with Crippen LogP contribution in [-0.2, 0) is 0 Å². The second-order valence-electron chi connectivity index (χ2n) is 9.14. The van der Waals surface area contributed by atoms with Gasteiger partial charge in [-0.15, -0.1) is 0 Å². The number of benzene rings is 2. The van der Waals surface area contributed by atoms with Crippen molar-refractivity contribution in [3.05, 3.63) is 70.8 Å². The van der Waals surface area contributed by atoms with Crippen molar-refractivity contribution >= 4 is 16.8 Å². The van der Waals surface area contributed by atoms with E-state index >= 15 is 0 Å². The lowest BCUT2D eigenvalue weighted by atomic mass is 9.83. The van der Waals surface area contributed by atoms with Gasteiger partial charge in [-0.25, -0.2) is 4.98 Å². The molecule has 6 heteroatoms. The number of carbonyl (C=O) groups excluding carboxylic acids is 1. The summed E-state index contributed by atoms with van der Waals surface area (Å²) in [6, 6.07) is 15.2. The van der Waals surface area contributed by atoms with E-state index < -0.39 is 0 Å². The van der Waals surface area contributed by atoms with Gasteiger partial charge in [0.25, 0.3) is 11.5 Å². The first-order chi connectivity index (χ1) is 15.6. The molecule has 3 aromatic rings. The quantitative estimate of drug-likeness (QED) is 0.633.